The molecule has 84 valence electrons. The van der Waals surface area contributed by atoms with Crippen LogP contribution in [0.3, 0.4) is 0 Å². The van der Waals surface area contributed by atoms with Gasteiger partial charge in [-0.15, -0.1) is 0 Å². The van der Waals surface area contributed by atoms with E-state index in [-0.39, 0.29) is 12.1 Å². The van der Waals surface area contributed by atoms with Crippen molar-refractivity contribution in [2.24, 2.45) is 5.73 Å². The van der Waals surface area contributed by atoms with Crippen molar-refractivity contribution in [3.8, 4) is 5.75 Å². The monoisotopic (exact) mass is 209 g/mol. The van der Waals surface area contributed by atoms with Crippen molar-refractivity contribution in [1.82, 2.24) is 0 Å². The average Bonchev–Trinajstić information content (AvgIpc) is 2.17. The quantitative estimate of drug-likeness (QED) is 0.769. The number of para-hydroxylation sites is 1. The van der Waals surface area contributed by atoms with Crippen LogP contribution in [-0.2, 0) is 6.42 Å². The first-order valence-corrected chi connectivity index (χ1v) is 5.11. The summed E-state index contributed by atoms with van der Waals surface area (Å²) < 4.78 is 5.25. The summed E-state index contributed by atoms with van der Waals surface area (Å²) in [5.41, 5.74) is 6.76. The molecule has 0 amide bonds. The van der Waals surface area contributed by atoms with Crippen LogP contribution < -0.4 is 10.5 Å². The molecule has 1 atom stereocenters. The molecule has 0 aliphatic carbocycles. The molecule has 1 rings (SSSR count). The zero-order chi connectivity index (χ0) is 11.3. The Morgan fingerprint density at radius 3 is 2.67 bits per heavy atom. The Morgan fingerprint density at radius 1 is 1.40 bits per heavy atom. The first-order valence-electron chi connectivity index (χ1n) is 5.11. The molecule has 0 heterocycles. The van der Waals surface area contributed by atoms with Gasteiger partial charge in [0.05, 0.1) is 7.11 Å². The van der Waals surface area contributed by atoms with Crippen molar-refractivity contribution >= 4 is 0 Å². The van der Waals surface area contributed by atoms with Gasteiger partial charge < -0.3 is 15.6 Å². The highest BCUT2D eigenvalue weighted by molar-refractivity contribution is 5.34. The van der Waals surface area contributed by atoms with Crippen molar-refractivity contribution in [2.45, 2.75) is 25.3 Å². The summed E-state index contributed by atoms with van der Waals surface area (Å²) in [6, 6.07) is 7.82. The van der Waals surface area contributed by atoms with Gasteiger partial charge in [0, 0.05) is 12.1 Å². The molecule has 1 unspecified atom stereocenters. The van der Waals surface area contributed by atoms with Gasteiger partial charge >= 0.3 is 0 Å². The van der Waals surface area contributed by atoms with E-state index in [0.29, 0.717) is 12.8 Å². The second kappa shape index (κ2) is 5.14. The van der Waals surface area contributed by atoms with Crippen LogP contribution in [0.25, 0.3) is 0 Å². The average molecular weight is 209 g/mol. The minimum atomic E-state index is -0.386. The Labute approximate surface area is 90.9 Å². The number of nitrogens with two attached hydrogens (primary N) is 1. The molecule has 0 aromatic heterocycles. The Kier molecular flexibility index (Phi) is 4.12. The molecule has 0 fully saturated rings. The lowest BCUT2D eigenvalue weighted by molar-refractivity contribution is 0.244. The van der Waals surface area contributed by atoms with Crippen LogP contribution in [0, 0.1) is 0 Å². The summed E-state index contributed by atoms with van der Waals surface area (Å²) in [4.78, 5) is 0. The number of methoxy groups -OCH3 is 1. The summed E-state index contributed by atoms with van der Waals surface area (Å²) in [6.07, 6.45) is 1.29. The fourth-order valence-corrected chi connectivity index (χ4v) is 1.63. The minimum absolute atomic E-state index is 0.113. The normalized spacial score (nSPS) is 14.7. The molecule has 0 saturated heterocycles. The number of aliphatic hydroxyl groups excluding tert-OH is 1. The van der Waals surface area contributed by atoms with Crippen LogP contribution in [0.15, 0.2) is 24.3 Å². The molecule has 15 heavy (non-hydrogen) atoms. The minimum Gasteiger partial charge on any atom is -0.496 e. The van der Waals surface area contributed by atoms with Crippen LogP contribution in [0.5, 0.6) is 5.75 Å². The van der Waals surface area contributed by atoms with E-state index in [1.807, 2.05) is 31.2 Å². The van der Waals surface area contributed by atoms with Crippen LogP contribution in [-0.4, -0.2) is 24.4 Å². The highest BCUT2D eigenvalue weighted by atomic mass is 16.5. The van der Waals surface area contributed by atoms with Gasteiger partial charge in [0.25, 0.3) is 0 Å². The highest BCUT2D eigenvalue weighted by Crippen LogP contribution is 2.22. The Bertz CT molecular complexity index is 310. The lowest BCUT2D eigenvalue weighted by Crippen LogP contribution is -2.39. The fourth-order valence-electron chi connectivity index (χ4n) is 1.63. The van der Waals surface area contributed by atoms with Crippen molar-refractivity contribution in [3.63, 3.8) is 0 Å². The van der Waals surface area contributed by atoms with Crippen molar-refractivity contribution in [1.29, 1.82) is 0 Å². The molecule has 3 N–H and O–H groups in total. The van der Waals surface area contributed by atoms with Crippen molar-refractivity contribution in [3.05, 3.63) is 29.8 Å². The molecule has 3 nitrogen and oxygen atoms in total. The van der Waals surface area contributed by atoms with Gasteiger partial charge in [-0.1, -0.05) is 18.2 Å². The first kappa shape index (κ1) is 12.0. The Balaban J connectivity index is 2.79. The molecule has 0 saturated carbocycles. The molecule has 1 aromatic rings. The maximum atomic E-state index is 8.90. The zero-order valence-electron chi connectivity index (χ0n) is 9.36. The van der Waals surface area contributed by atoms with E-state index in [1.54, 1.807) is 7.11 Å². The predicted molar refractivity (Wildman–Crippen MR) is 61.0 cm³/mol. The lowest BCUT2D eigenvalue weighted by atomic mass is 9.90. The standard InChI is InChI=1S/C12H19NO2/c1-12(13,7-8-14)9-10-5-3-4-6-11(10)15-2/h3-6,14H,7-9,13H2,1-2H3. The van der Waals surface area contributed by atoms with Crippen molar-refractivity contribution < 1.29 is 9.84 Å². The first-order chi connectivity index (χ1) is 7.09. The summed E-state index contributed by atoms with van der Waals surface area (Å²) in [5, 5.41) is 8.90. The second-order valence-corrected chi connectivity index (χ2v) is 4.12. The largest absolute Gasteiger partial charge is 0.496 e. The molecule has 0 spiro atoms. The van der Waals surface area contributed by atoms with Crippen LogP contribution in [0.1, 0.15) is 18.9 Å². The molecule has 0 bridgehead atoms. The van der Waals surface area contributed by atoms with Gasteiger partial charge in [0.15, 0.2) is 0 Å². The number of hydrogen-bond acceptors (Lipinski definition) is 3. The summed E-state index contributed by atoms with van der Waals surface area (Å²) in [5.74, 6) is 0.854. The van der Waals surface area contributed by atoms with E-state index in [0.717, 1.165) is 11.3 Å². The number of benzene rings is 1. The van der Waals surface area contributed by atoms with Gasteiger partial charge in [0.1, 0.15) is 5.75 Å². The number of rotatable bonds is 5. The van der Waals surface area contributed by atoms with Gasteiger partial charge in [0.2, 0.25) is 0 Å². The van der Waals surface area contributed by atoms with E-state index in [9.17, 15) is 0 Å². The highest BCUT2D eigenvalue weighted by Gasteiger charge is 2.19. The van der Waals surface area contributed by atoms with Crippen molar-refractivity contribution in [2.75, 3.05) is 13.7 Å². The van der Waals surface area contributed by atoms with Gasteiger partial charge in [-0.3, -0.25) is 0 Å². The van der Waals surface area contributed by atoms with Gasteiger partial charge in [-0.25, -0.2) is 0 Å². The third-order valence-corrected chi connectivity index (χ3v) is 2.47. The van der Waals surface area contributed by atoms with E-state index < -0.39 is 0 Å². The zero-order valence-corrected chi connectivity index (χ0v) is 9.36. The number of aliphatic hydroxyl groups is 1. The van der Waals surface area contributed by atoms with Gasteiger partial charge in [-0.2, -0.15) is 0 Å². The lowest BCUT2D eigenvalue weighted by Gasteiger charge is -2.24. The summed E-state index contributed by atoms with van der Waals surface area (Å²) in [6.45, 7) is 2.05. The van der Waals surface area contributed by atoms with E-state index in [4.69, 9.17) is 15.6 Å². The Hall–Kier alpha value is -1.06. The molecule has 0 aliphatic rings. The van der Waals surface area contributed by atoms with E-state index in [2.05, 4.69) is 0 Å². The molecule has 3 heteroatoms. The fraction of sp³-hybridized carbons (Fsp3) is 0.500. The maximum absolute atomic E-state index is 8.90. The Morgan fingerprint density at radius 2 is 2.07 bits per heavy atom. The SMILES string of the molecule is COc1ccccc1CC(C)(N)CCO. The summed E-state index contributed by atoms with van der Waals surface area (Å²) in [7, 11) is 1.65. The number of hydrogen-bond donors (Lipinski definition) is 2. The predicted octanol–water partition coefficient (Wildman–Crippen LogP) is 1.34. The molecule has 1 aromatic carbocycles. The molecule has 0 radical (unpaired) electrons. The van der Waals surface area contributed by atoms with Crippen LogP contribution in [0.2, 0.25) is 0 Å². The van der Waals surface area contributed by atoms with E-state index in [1.165, 1.54) is 0 Å². The molecule has 0 aliphatic heterocycles. The summed E-state index contributed by atoms with van der Waals surface area (Å²) >= 11 is 0. The molecular formula is C12H19NO2. The van der Waals surface area contributed by atoms with Crippen LogP contribution in [0.4, 0.5) is 0 Å². The topological polar surface area (TPSA) is 55.5 Å². The molecular weight excluding hydrogens is 190 g/mol. The number of ether oxygens (including phenoxy) is 1. The van der Waals surface area contributed by atoms with Crippen LogP contribution >= 0.6 is 0 Å². The smallest absolute Gasteiger partial charge is 0.122 e. The third kappa shape index (κ3) is 3.53. The van der Waals surface area contributed by atoms with Gasteiger partial charge in [-0.05, 0) is 31.4 Å². The second-order valence-electron chi connectivity index (χ2n) is 4.12. The van der Waals surface area contributed by atoms with E-state index >= 15 is 0 Å². The maximum Gasteiger partial charge on any atom is 0.122 e. The third-order valence-electron chi connectivity index (χ3n) is 2.47.